The average Bonchev–Trinajstić information content (AvgIpc) is 1.83. The second kappa shape index (κ2) is 21.3. The quantitative estimate of drug-likeness (QED) is 0.451. The van der Waals surface area contributed by atoms with Crippen LogP contribution in [0.5, 0.6) is 0 Å². The van der Waals surface area contributed by atoms with E-state index in [0.29, 0.717) is 0 Å². The molecule has 0 heterocycles. The Morgan fingerprint density at radius 2 is 1.12 bits per heavy atom. The van der Waals surface area contributed by atoms with Crippen molar-refractivity contribution in [2.75, 3.05) is 0 Å². The van der Waals surface area contributed by atoms with Crippen LogP contribution in [0.1, 0.15) is 20.8 Å². The van der Waals surface area contributed by atoms with Gasteiger partial charge in [0, 0.05) is 11.9 Å². The van der Waals surface area contributed by atoms with E-state index in [1.165, 1.54) is 6.92 Å². The van der Waals surface area contributed by atoms with Crippen molar-refractivity contribution < 1.29 is 116 Å². The van der Waals surface area contributed by atoms with Gasteiger partial charge in [0.25, 0.3) is 0 Å². The second-order valence-corrected chi connectivity index (χ2v) is 2.00. The molecule has 16 heavy (non-hydrogen) atoms. The van der Waals surface area contributed by atoms with Gasteiger partial charge in [0.1, 0.15) is 6.10 Å². The molecule has 0 bridgehead atoms. The minimum Gasteiger partial charge on any atom is -0.550 e. The molecule has 0 saturated carbocycles. The smallest absolute Gasteiger partial charge is 0.550 e. The summed E-state index contributed by atoms with van der Waals surface area (Å²) in [5, 5.41) is 33.5. The molecule has 0 aliphatic rings. The van der Waals surface area contributed by atoms with Gasteiger partial charge in [0.15, 0.2) is 0 Å². The van der Waals surface area contributed by atoms with Gasteiger partial charge in [-0.2, -0.15) is 0 Å². The zero-order valence-electron chi connectivity index (χ0n) is 10.0. The second-order valence-electron chi connectivity index (χ2n) is 2.00. The van der Waals surface area contributed by atoms with Gasteiger partial charge in [-0.1, -0.05) is 0 Å². The minimum atomic E-state index is -1.23. The van der Waals surface area contributed by atoms with Gasteiger partial charge in [0.2, 0.25) is 0 Å². The summed E-state index contributed by atoms with van der Waals surface area (Å²) >= 11 is 0. The number of aliphatic carboxylic acids is 3. The average molecular weight is 270 g/mol. The normalized spacial score (nSPS) is 8.25. The Bertz CT molecular complexity index is 175. The molecule has 7 nitrogen and oxygen atoms in total. The molecule has 9 heteroatoms. The van der Waals surface area contributed by atoms with E-state index in [0.717, 1.165) is 13.8 Å². The van der Waals surface area contributed by atoms with Crippen molar-refractivity contribution in [2.24, 2.45) is 0 Å². The standard InChI is InChI=1S/C3H6O3.2C2H4O2.K.Na/c1-2(4)3(5)6;2*1-2(3)4;;/h2,4H,1H3,(H,5,6);2*1H3,(H,3,4);;/q;;;2*+1/p-2. The summed E-state index contributed by atoms with van der Waals surface area (Å²) in [4.78, 5) is 27.2. The van der Waals surface area contributed by atoms with E-state index in [4.69, 9.17) is 30.0 Å². The van der Waals surface area contributed by atoms with E-state index >= 15 is 0 Å². The first kappa shape index (κ1) is 30.2. The Labute approximate surface area is 158 Å². The molecule has 0 saturated heterocycles. The van der Waals surface area contributed by atoms with Crippen molar-refractivity contribution >= 4 is 17.9 Å². The van der Waals surface area contributed by atoms with Crippen molar-refractivity contribution in [1.82, 2.24) is 0 Å². The first-order chi connectivity index (χ1) is 6.11. The summed E-state index contributed by atoms with van der Waals surface area (Å²) in [6.45, 7) is 3.14. The van der Waals surface area contributed by atoms with Crippen molar-refractivity contribution in [3.63, 3.8) is 0 Å². The third kappa shape index (κ3) is 117. The van der Waals surface area contributed by atoms with E-state index in [-0.39, 0.29) is 80.9 Å². The maximum absolute atomic E-state index is 9.45. The maximum Gasteiger partial charge on any atom is 1.00 e. The fourth-order valence-corrected chi connectivity index (χ4v) is 0. The van der Waals surface area contributed by atoms with Crippen LogP contribution in [-0.4, -0.2) is 34.2 Å². The Morgan fingerprint density at radius 3 is 1.12 bits per heavy atom. The molecule has 0 aromatic heterocycles. The molecule has 1 unspecified atom stereocenters. The van der Waals surface area contributed by atoms with Gasteiger partial charge in [-0.3, -0.25) is 0 Å². The van der Waals surface area contributed by atoms with Crippen LogP contribution in [0.25, 0.3) is 0 Å². The van der Waals surface area contributed by atoms with E-state index in [9.17, 15) is 4.79 Å². The molecule has 0 aromatic carbocycles. The SMILES string of the molecule is CC(=O)[O-].CC(=O)[O-].CC(O)C(=O)O.[K+].[Na+]. The zero-order valence-corrected chi connectivity index (χ0v) is 15.1. The predicted octanol–water partition coefficient (Wildman–Crippen LogP) is -9.03. The van der Waals surface area contributed by atoms with Gasteiger partial charge in [0.05, 0.1) is 0 Å². The Balaban J connectivity index is -0.0000000367. The van der Waals surface area contributed by atoms with Gasteiger partial charge >= 0.3 is 86.9 Å². The van der Waals surface area contributed by atoms with Crippen LogP contribution < -0.4 is 91.2 Å². The maximum atomic E-state index is 9.45. The van der Waals surface area contributed by atoms with Crippen molar-refractivity contribution in [3.05, 3.63) is 0 Å². The van der Waals surface area contributed by atoms with Crippen molar-refractivity contribution in [2.45, 2.75) is 26.9 Å². The van der Waals surface area contributed by atoms with Crippen LogP contribution >= 0.6 is 0 Å². The summed E-state index contributed by atoms with van der Waals surface area (Å²) in [7, 11) is 0. The predicted molar refractivity (Wildman–Crippen MR) is 40.7 cm³/mol. The Morgan fingerprint density at radius 1 is 1.06 bits per heavy atom. The van der Waals surface area contributed by atoms with Gasteiger partial charge < -0.3 is 30.0 Å². The zero-order chi connectivity index (χ0) is 12.3. The molecule has 0 spiro atoms. The third-order valence-corrected chi connectivity index (χ3v) is 0.357. The molecular weight excluding hydrogens is 258 g/mol. The van der Waals surface area contributed by atoms with E-state index < -0.39 is 24.0 Å². The number of hydrogen-bond acceptors (Lipinski definition) is 6. The topological polar surface area (TPSA) is 138 Å². The molecule has 0 amide bonds. The number of carbonyl (C=O) groups excluding carboxylic acids is 2. The molecule has 0 radical (unpaired) electrons. The summed E-state index contributed by atoms with van der Waals surface area (Å²) < 4.78 is 0. The minimum absolute atomic E-state index is 0. The number of carboxylic acids is 3. The molecule has 84 valence electrons. The monoisotopic (exact) mass is 270 g/mol. The van der Waals surface area contributed by atoms with E-state index in [1.807, 2.05) is 0 Å². The first-order valence-electron chi connectivity index (χ1n) is 3.37. The van der Waals surface area contributed by atoms with Crippen LogP contribution in [0.2, 0.25) is 0 Å². The number of hydrogen-bond donors (Lipinski definition) is 2. The van der Waals surface area contributed by atoms with Gasteiger partial charge in [-0.25, -0.2) is 4.79 Å². The Hall–Kier alpha value is 1.01. The van der Waals surface area contributed by atoms with Crippen LogP contribution in [0.4, 0.5) is 0 Å². The van der Waals surface area contributed by atoms with Crippen molar-refractivity contribution in [1.29, 1.82) is 0 Å². The summed E-state index contributed by atoms with van der Waals surface area (Å²) in [5.41, 5.74) is 0. The molecule has 0 aromatic rings. The molecule has 0 rings (SSSR count). The van der Waals surface area contributed by atoms with Gasteiger partial charge in [-0.05, 0) is 20.8 Å². The number of carbonyl (C=O) groups is 3. The molecule has 0 fully saturated rings. The van der Waals surface area contributed by atoms with E-state index in [2.05, 4.69) is 0 Å². The fraction of sp³-hybridized carbons (Fsp3) is 0.571. The molecule has 0 aliphatic carbocycles. The molecule has 0 aliphatic heterocycles. The summed E-state index contributed by atoms with van der Waals surface area (Å²) in [6.07, 6.45) is -1.23. The summed E-state index contributed by atoms with van der Waals surface area (Å²) in [6, 6.07) is 0. The third-order valence-electron chi connectivity index (χ3n) is 0.357. The molecule has 2 N–H and O–H groups in total. The number of aliphatic hydroxyl groups excluding tert-OH is 1. The van der Waals surface area contributed by atoms with Gasteiger partial charge in [-0.15, -0.1) is 0 Å². The summed E-state index contributed by atoms with van der Waals surface area (Å²) in [5.74, 6) is -3.35. The van der Waals surface area contributed by atoms with Crippen LogP contribution in [-0.2, 0) is 14.4 Å². The fourth-order valence-electron chi connectivity index (χ4n) is 0. The van der Waals surface area contributed by atoms with Crippen LogP contribution in [0.3, 0.4) is 0 Å². The Kier molecular flexibility index (Phi) is 40.3. The van der Waals surface area contributed by atoms with Crippen molar-refractivity contribution in [3.8, 4) is 0 Å². The molecular formula is C7H12KNaO7. The van der Waals surface area contributed by atoms with E-state index in [1.54, 1.807) is 0 Å². The largest absolute Gasteiger partial charge is 1.00 e. The van der Waals surface area contributed by atoms with Crippen LogP contribution in [0, 0.1) is 0 Å². The number of rotatable bonds is 1. The molecule has 1 atom stereocenters. The first-order valence-corrected chi connectivity index (χ1v) is 3.37. The number of aliphatic hydroxyl groups is 1. The number of carboxylic acid groups (broad SMARTS) is 3. The van der Waals surface area contributed by atoms with Crippen LogP contribution in [0.15, 0.2) is 0 Å².